The number of hydrogen-bond acceptors (Lipinski definition) is 6. The first-order valence-electron chi connectivity index (χ1n) is 8.58. The predicted molar refractivity (Wildman–Crippen MR) is 100 cm³/mol. The quantitative estimate of drug-likeness (QED) is 0.399. The highest BCUT2D eigenvalue weighted by molar-refractivity contribution is 7.80. The fourth-order valence-electron chi connectivity index (χ4n) is 3.95. The molecule has 142 valence electrons. The molecule has 2 heterocycles. The summed E-state index contributed by atoms with van der Waals surface area (Å²) in [6, 6.07) is 4.31. The number of carbonyl (C=O) groups excluding carboxylic acids is 1. The third kappa shape index (κ3) is 2.96. The van der Waals surface area contributed by atoms with Gasteiger partial charge < -0.3 is 35.2 Å². The second-order valence-corrected chi connectivity index (χ2v) is 7.08. The third-order valence-electron chi connectivity index (χ3n) is 5.18. The molecule has 1 aliphatic carbocycles. The molecule has 1 saturated carbocycles. The van der Waals surface area contributed by atoms with Crippen LogP contribution in [0.15, 0.2) is 18.2 Å². The number of rotatable bonds is 3. The summed E-state index contributed by atoms with van der Waals surface area (Å²) in [5.74, 6) is 2.69. The summed E-state index contributed by atoms with van der Waals surface area (Å²) in [5.41, 5.74) is 0.711. The lowest BCUT2D eigenvalue weighted by molar-refractivity contribution is -0.130. The second kappa shape index (κ2) is 6.88. The summed E-state index contributed by atoms with van der Waals surface area (Å²) in [4.78, 5) is 14.5. The smallest absolute Gasteiger partial charge is 0.231 e. The van der Waals surface area contributed by atoms with Gasteiger partial charge in [-0.2, -0.15) is 0 Å². The topological polar surface area (TPSA) is 103 Å². The molecule has 4 rings (SSSR count). The Morgan fingerprint density at radius 1 is 1.41 bits per heavy atom. The van der Waals surface area contributed by atoms with E-state index >= 15 is 0 Å². The maximum Gasteiger partial charge on any atom is 0.231 e. The summed E-state index contributed by atoms with van der Waals surface area (Å²) in [6.07, 6.45) is 3.24. The Bertz CT molecular complexity index is 826. The minimum Gasteiger partial charge on any atom is -0.454 e. The van der Waals surface area contributed by atoms with Crippen molar-refractivity contribution in [3.05, 3.63) is 18.2 Å². The van der Waals surface area contributed by atoms with Crippen molar-refractivity contribution in [3.63, 3.8) is 0 Å². The van der Waals surface area contributed by atoms with E-state index in [0.29, 0.717) is 22.3 Å². The number of ether oxygens (including phenoxy) is 2. The van der Waals surface area contributed by atoms with Gasteiger partial charge in [-0.25, -0.2) is 0 Å². The van der Waals surface area contributed by atoms with Crippen molar-refractivity contribution < 1.29 is 24.5 Å². The molecule has 1 saturated heterocycles. The van der Waals surface area contributed by atoms with E-state index in [2.05, 4.69) is 16.6 Å². The lowest BCUT2D eigenvalue weighted by Gasteiger charge is -2.41. The molecule has 1 aromatic carbocycles. The minimum atomic E-state index is -1.05. The molecule has 27 heavy (non-hydrogen) atoms. The van der Waals surface area contributed by atoms with Crippen molar-refractivity contribution in [2.75, 3.05) is 18.2 Å². The maximum absolute atomic E-state index is 12.7. The van der Waals surface area contributed by atoms with Crippen LogP contribution in [-0.2, 0) is 4.79 Å². The zero-order valence-corrected chi connectivity index (χ0v) is 15.1. The fraction of sp³-hybridized carbons (Fsp3) is 0.444. The molecule has 4 N–H and O–H groups in total. The first-order valence-corrected chi connectivity index (χ1v) is 8.98. The Balaban J connectivity index is 1.70. The van der Waals surface area contributed by atoms with Crippen molar-refractivity contribution in [1.82, 2.24) is 10.6 Å². The van der Waals surface area contributed by atoms with Crippen LogP contribution in [0, 0.1) is 18.3 Å². The van der Waals surface area contributed by atoms with Gasteiger partial charge in [-0.3, -0.25) is 4.79 Å². The number of hydrogen-bond donors (Lipinski definition) is 4. The Morgan fingerprint density at radius 2 is 2.19 bits per heavy atom. The first-order chi connectivity index (χ1) is 13.0. The number of terminal acetylenes is 1. The Kier molecular flexibility index (Phi) is 4.55. The molecule has 5 atom stereocenters. The highest BCUT2D eigenvalue weighted by Crippen LogP contribution is 2.40. The molecule has 9 heteroatoms. The van der Waals surface area contributed by atoms with Crippen LogP contribution < -0.4 is 25.0 Å². The average molecular weight is 389 g/mol. The number of aliphatic hydroxyl groups excluding tert-OH is 2. The predicted octanol–water partition coefficient (Wildman–Crippen LogP) is -0.662. The van der Waals surface area contributed by atoms with E-state index < -0.39 is 30.2 Å². The molecule has 5 unspecified atom stereocenters. The lowest BCUT2D eigenvalue weighted by atomic mass is 9.77. The van der Waals surface area contributed by atoms with Gasteiger partial charge in [0.25, 0.3) is 0 Å². The number of nitrogens with one attached hydrogen (secondary N) is 2. The Labute approximate surface area is 161 Å². The largest absolute Gasteiger partial charge is 0.454 e. The van der Waals surface area contributed by atoms with Crippen molar-refractivity contribution in [3.8, 4) is 23.8 Å². The van der Waals surface area contributed by atoms with E-state index in [-0.39, 0.29) is 25.7 Å². The van der Waals surface area contributed by atoms with E-state index in [1.807, 2.05) is 6.07 Å². The first kappa shape index (κ1) is 17.9. The standard InChI is InChI=1S/C18H19N3O5S/c1-2-5-19-17(24)10-7-11(22)16(23)14-15(10)21(18(27)20-14)9-3-4-12-13(6-9)26-8-25-12/h1,3-4,6,10-11,14-16,22-23H,5,7-8H2,(H,19,24)(H,20,27). The summed E-state index contributed by atoms with van der Waals surface area (Å²) in [5, 5.41) is 26.8. The molecule has 1 amide bonds. The van der Waals surface area contributed by atoms with Gasteiger partial charge in [-0.05, 0) is 30.8 Å². The lowest BCUT2D eigenvalue weighted by Crippen LogP contribution is -2.61. The Morgan fingerprint density at radius 3 is 2.96 bits per heavy atom. The summed E-state index contributed by atoms with van der Waals surface area (Å²) < 4.78 is 10.8. The van der Waals surface area contributed by atoms with E-state index in [0.717, 1.165) is 0 Å². The normalized spacial score (nSPS) is 31.1. The number of anilines is 1. The number of benzene rings is 1. The summed E-state index contributed by atoms with van der Waals surface area (Å²) in [6.45, 7) is 0.239. The van der Waals surface area contributed by atoms with E-state index in [1.165, 1.54) is 0 Å². The van der Waals surface area contributed by atoms with Crippen LogP contribution in [0.25, 0.3) is 0 Å². The highest BCUT2D eigenvalue weighted by Gasteiger charge is 2.54. The van der Waals surface area contributed by atoms with Crippen LogP contribution in [0.5, 0.6) is 11.5 Å². The SMILES string of the molecule is C#CCNC(=O)C1CC(O)C(O)C2NC(=S)N(c3ccc4c(c3)OCO4)C12. The monoisotopic (exact) mass is 389 g/mol. The van der Waals surface area contributed by atoms with Gasteiger partial charge in [0.05, 0.1) is 30.7 Å². The number of aliphatic hydroxyl groups is 2. The molecule has 0 aromatic heterocycles. The molecular weight excluding hydrogens is 370 g/mol. The van der Waals surface area contributed by atoms with Gasteiger partial charge in [0.15, 0.2) is 16.6 Å². The molecule has 0 spiro atoms. The summed E-state index contributed by atoms with van der Waals surface area (Å²) in [7, 11) is 0. The second-order valence-electron chi connectivity index (χ2n) is 6.70. The number of fused-ring (bicyclic) bond motifs is 2. The number of thiocarbonyl (C=S) groups is 1. The number of amides is 1. The van der Waals surface area contributed by atoms with Crippen LogP contribution in [0.4, 0.5) is 5.69 Å². The molecule has 0 bridgehead atoms. The molecular formula is C18H19N3O5S. The van der Waals surface area contributed by atoms with Crippen LogP contribution >= 0.6 is 12.2 Å². The number of nitrogens with zero attached hydrogens (tertiary/aromatic N) is 1. The zero-order chi connectivity index (χ0) is 19.1. The van der Waals surface area contributed by atoms with Crippen molar-refractivity contribution in [2.24, 2.45) is 5.92 Å². The van der Waals surface area contributed by atoms with Crippen LogP contribution in [-0.4, -0.2) is 58.9 Å². The van der Waals surface area contributed by atoms with Crippen LogP contribution in [0.1, 0.15) is 6.42 Å². The molecule has 3 aliphatic rings. The van der Waals surface area contributed by atoms with Crippen molar-refractivity contribution in [1.29, 1.82) is 0 Å². The van der Waals surface area contributed by atoms with E-state index in [1.54, 1.807) is 17.0 Å². The van der Waals surface area contributed by atoms with Crippen molar-refractivity contribution in [2.45, 2.75) is 30.7 Å². The molecule has 0 radical (unpaired) electrons. The molecule has 2 aliphatic heterocycles. The molecule has 8 nitrogen and oxygen atoms in total. The van der Waals surface area contributed by atoms with E-state index in [9.17, 15) is 15.0 Å². The highest BCUT2D eigenvalue weighted by atomic mass is 32.1. The van der Waals surface area contributed by atoms with Gasteiger partial charge in [0.1, 0.15) is 6.10 Å². The Hall–Kier alpha value is -2.54. The van der Waals surface area contributed by atoms with Gasteiger partial charge in [0, 0.05) is 11.8 Å². The molecule has 1 aromatic rings. The number of carbonyl (C=O) groups is 1. The van der Waals surface area contributed by atoms with Gasteiger partial charge in [-0.15, -0.1) is 6.42 Å². The van der Waals surface area contributed by atoms with Gasteiger partial charge in [-0.1, -0.05) is 5.92 Å². The maximum atomic E-state index is 12.7. The molecule has 2 fully saturated rings. The van der Waals surface area contributed by atoms with Crippen LogP contribution in [0.2, 0.25) is 0 Å². The average Bonchev–Trinajstić information content (AvgIpc) is 3.26. The van der Waals surface area contributed by atoms with Crippen LogP contribution in [0.3, 0.4) is 0 Å². The van der Waals surface area contributed by atoms with Crippen molar-refractivity contribution >= 4 is 28.9 Å². The minimum absolute atomic E-state index is 0.0905. The van der Waals surface area contributed by atoms with Gasteiger partial charge >= 0.3 is 0 Å². The zero-order valence-electron chi connectivity index (χ0n) is 14.3. The van der Waals surface area contributed by atoms with E-state index in [4.69, 9.17) is 28.1 Å². The summed E-state index contributed by atoms with van der Waals surface area (Å²) >= 11 is 5.47. The third-order valence-corrected chi connectivity index (χ3v) is 5.50. The fourth-order valence-corrected chi connectivity index (χ4v) is 4.31. The van der Waals surface area contributed by atoms with Gasteiger partial charge in [0.2, 0.25) is 12.7 Å².